The zero-order valence-electron chi connectivity index (χ0n) is 9.50. The molecule has 1 unspecified atom stereocenters. The molecule has 4 nitrogen and oxygen atoms in total. The van der Waals surface area contributed by atoms with Gasteiger partial charge in [0.25, 0.3) is 10.0 Å². The van der Waals surface area contributed by atoms with Gasteiger partial charge in [0, 0.05) is 35.3 Å². The Balaban J connectivity index is 2.01. The van der Waals surface area contributed by atoms with Crippen LogP contribution in [0.2, 0.25) is 0 Å². The maximum atomic E-state index is 13.4. The molecule has 100 valence electrons. The molecule has 1 saturated heterocycles. The van der Waals surface area contributed by atoms with Crippen molar-refractivity contribution in [3.8, 4) is 0 Å². The number of nitrogens with one attached hydrogen (secondary N) is 1. The fourth-order valence-corrected chi connectivity index (χ4v) is 5.29. The fourth-order valence-electron chi connectivity index (χ4n) is 1.49. The number of sulfonamides is 1. The molecular weight excluding hydrogens is 295 g/mol. The van der Waals surface area contributed by atoms with E-state index in [1.165, 1.54) is 12.3 Å². The van der Waals surface area contributed by atoms with Crippen LogP contribution in [-0.2, 0) is 10.0 Å². The SMILES string of the molecule is O=S(=O)(NCC1CSCCS1)c1ncccc1F. The molecule has 0 saturated carbocycles. The molecule has 0 aromatic carbocycles. The third kappa shape index (κ3) is 3.59. The first-order chi connectivity index (χ1) is 8.59. The Morgan fingerprint density at radius 2 is 2.33 bits per heavy atom. The second-order valence-corrected chi connectivity index (χ2v) is 7.95. The Morgan fingerprint density at radius 3 is 3.00 bits per heavy atom. The molecule has 0 bridgehead atoms. The zero-order chi connectivity index (χ0) is 13.0. The average molecular weight is 308 g/mol. The van der Waals surface area contributed by atoms with Crippen LogP contribution in [0.5, 0.6) is 0 Å². The van der Waals surface area contributed by atoms with E-state index in [0.717, 1.165) is 23.3 Å². The molecule has 0 spiro atoms. The number of nitrogens with zero attached hydrogens (tertiary/aromatic N) is 1. The predicted molar refractivity (Wildman–Crippen MR) is 73.0 cm³/mol. The van der Waals surface area contributed by atoms with Gasteiger partial charge in [-0.1, -0.05) is 0 Å². The molecule has 1 aliphatic rings. The summed E-state index contributed by atoms with van der Waals surface area (Å²) in [6.45, 7) is 0.315. The molecule has 0 amide bonds. The topological polar surface area (TPSA) is 59.1 Å². The lowest BCUT2D eigenvalue weighted by molar-refractivity contribution is 0.545. The molecule has 1 aliphatic heterocycles. The summed E-state index contributed by atoms with van der Waals surface area (Å²) in [4.78, 5) is 3.58. The van der Waals surface area contributed by atoms with Gasteiger partial charge in [-0.25, -0.2) is 22.5 Å². The Hall–Kier alpha value is -0.310. The molecular formula is C10H13FN2O2S3. The van der Waals surface area contributed by atoms with Crippen molar-refractivity contribution in [1.29, 1.82) is 0 Å². The van der Waals surface area contributed by atoms with Crippen LogP contribution in [0.25, 0.3) is 0 Å². The Labute approximate surface area is 114 Å². The van der Waals surface area contributed by atoms with Gasteiger partial charge in [-0.05, 0) is 12.1 Å². The van der Waals surface area contributed by atoms with Crippen molar-refractivity contribution in [1.82, 2.24) is 9.71 Å². The van der Waals surface area contributed by atoms with Gasteiger partial charge in [0.2, 0.25) is 5.03 Å². The van der Waals surface area contributed by atoms with Crippen LogP contribution < -0.4 is 4.72 Å². The van der Waals surface area contributed by atoms with Crippen molar-refractivity contribution in [3.05, 3.63) is 24.1 Å². The van der Waals surface area contributed by atoms with Crippen molar-refractivity contribution in [3.63, 3.8) is 0 Å². The first kappa shape index (κ1) is 14.1. The van der Waals surface area contributed by atoms with Crippen molar-refractivity contribution >= 4 is 33.5 Å². The molecule has 0 radical (unpaired) electrons. The Morgan fingerprint density at radius 1 is 1.50 bits per heavy atom. The third-order valence-electron chi connectivity index (χ3n) is 2.37. The number of halogens is 1. The summed E-state index contributed by atoms with van der Waals surface area (Å²) in [6, 6.07) is 2.45. The van der Waals surface area contributed by atoms with Gasteiger partial charge < -0.3 is 0 Å². The molecule has 1 N–H and O–H groups in total. The van der Waals surface area contributed by atoms with E-state index >= 15 is 0 Å². The summed E-state index contributed by atoms with van der Waals surface area (Å²) < 4.78 is 39.5. The van der Waals surface area contributed by atoms with Crippen LogP contribution in [0.3, 0.4) is 0 Å². The highest BCUT2D eigenvalue weighted by molar-refractivity contribution is 8.06. The van der Waals surface area contributed by atoms with Gasteiger partial charge in [-0.3, -0.25) is 0 Å². The summed E-state index contributed by atoms with van der Waals surface area (Å²) in [7, 11) is -3.85. The maximum absolute atomic E-state index is 13.4. The highest BCUT2D eigenvalue weighted by Gasteiger charge is 2.22. The summed E-state index contributed by atoms with van der Waals surface area (Å²) in [6.07, 6.45) is 1.27. The first-order valence-electron chi connectivity index (χ1n) is 5.39. The summed E-state index contributed by atoms with van der Waals surface area (Å²) >= 11 is 3.55. The summed E-state index contributed by atoms with van der Waals surface area (Å²) in [5.74, 6) is 2.21. The fraction of sp³-hybridized carbons (Fsp3) is 0.500. The zero-order valence-corrected chi connectivity index (χ0v) is 12.0. The van der Waals surface area contributed by atoms with E-state index in [0.29, 0.717) is 6.54 Å². The van der Waals surface area contributed by atoms with Crippen LogP contribution in [0.15, 0.2) is 23.4 Å². The van der Waals surface area contributed by atoms with E-state index in [1.54, 1.807) is 11.8 Å². The van der Waals surface area contributed by atoms with E-state index < -0.39 is 20.9 Å². The Kier molecular flexibility index (Phi) is 4.88. The highest BCUT2D eigenvalue weighted by Crippen LogP contribution is 2.23. The predicted octanol–water partition coefficient (Wildman–Crippen LogP) is 1.35. The van der Waals surface area contributed by atoms with Crippen LogP contribution in [0.4, 0.5) is 4.39 Å². The molecule has 1 atom stereocenters. The molecule has 0 aliphatic carbocycles. The Bertz CT molecular complexity index is 504. The van der Waals surface area contributed by atoms with E-state index in [2.05, 4.69) is 9.71 Å². The van der Waals surface area contributed by atoms with Crippen molar-refractivity contribution < 1.29 is 12.8 Å². The lowest BCUT2D eigenvalue weighted by Crippen LogP contribution is -2.34. The summed E-state index contributed by atoms with van der Waals surface area (Å²) in [5, 5.41) is -0.288. The highest BCUT2D eigenvalue weighted by atomic mass is 32.2. The van der Waals surface area contributed by atoms with Crippen molar-refractivity contribution in [2.24, 2.45) is 0 Å². The number of aromatic nitrogens is 1. The van der Waals surface area contributed by atoms with Crippen molar-refractivity contribution in [2.45, 2.75) is 10.3 Å². The summed E-state index contributed by atoms with van der Waals surface area (Å²) in [5.41, 5.74) is 0. The van der Waals surface area contributed by atoms with E-state index in [1.807, 2.05) is 11.8 Å². The van der Waals surface area contributed by atoms with Crippen molar-refractivity contribution in [2.75, 3.05) is 23.8 Å². The molecule has 1 aromatic rings. The third-order valence-corrected chi connectivity index (χ3v) is 6.57. The maximum Gasteiger partial charge on any atom is 0.261 e. The first-order valence-corrected chi connectivity index (χ1v) is 9.08. The van der Waals surface area contributed by atoms with E-state index in [-0.39, 0.29) is 5.25 Å². The lowest BCUT2D eigenvalue weighted by atomic mass is 10.5. The normalized spacial score (nSPS) is 20.8. The minimum Gasteiger partial charge on any atom is -0.241 e. The number of rotatable bonds is 4. The molecule has 8 heteroatoms. The number of thioether (sulfide) groups is 2. The van der Waals surface area contributed by atoms with Crippen LogP contribution in [0, 0.1) is 5.82 Å². The van der Waals surface area contributed by atoms with Gasteiger partial charge in [0.05, 0.1) is 0 Å². The van der Waals surface area contributed by atoms with Crippen LogP contribution >= 0.6 is 23.5 Å². The smallest absolute Gasteiger partial charge is 0.241 e. The average Bonchev–Trinajstić information content (AvgIpc) is 2.38. The minimum absolute atomic E-state index is 0.241. The van der Waals surface area contributed by atoms with Gasteiger partial charge in [-0.15, -0.1) is 0 Å². The second-order valence-electron chi connectivity index (χ2n) is 3.71. The molecule has 2 rings (SSSR count). The molecule has 1 fully saturated rings. The van der Waals surface area contributed by atoms with Gasteiger partial charge in [0.1, 0.15) is 0 Å². The van der Waals surface area contributed by atoms with E-state index in [9.17, 15) is 12.8 Å². The van der Waals surface area contributed by atoms with Gasteiger partial charge in [0.15, 0.2) is 5.82 Å². The second kappa shape index (κ2) is 6.23. The lowest BCUT2D eigenvalue weighted by Gasteiger charge is -2.20. The van der Waals surface area contributed by atoms with E-state index in [4.69, 9.17) is 0 Å². The number of pyridine rings is 1. The van der Waals surface area contributed by atoms with Crippen LogP contribution in [0.1, 0.15) is 0 Å². The van der Waals surface area contributed by atoms with Gasteiger partial charge >= 0.3 is 0 Å². The monoisotopic (exact) mass is 308 g/mol. The molecule has 1 aromatic heterocycles. The number of hydrogen-bond donors (Lipinski definition) is 1. The van der Waals surface area contributed by atoms with Crippen LogP contribution in [-0.4, -0.2) is 42.5 Å². The quantitative estimate of drug-likeness (QED) is 0.910. The largest absolute Gasteiger partial charge is 0.261 e. The molecule has 2 heterocycles. The number of hydrogen-bond acceptors (Lipinski definition) is 5. The molecule has 18 heavy (non-hydrogen) atoms. The van der Waals surface area contributed by atoms with Gasteiger partial charge in [-0.2, -0.15) is 23.5 Å². The minimum atomic E-state index is -3.85. The standard InChI is InChI=1S/C10H13FN2O2S3/c11-9-2-1-3-12-10(9)18(14,15)13-6-8-7-16-4-5-17-8/h1-3,8,13H,4-7H2.